The molecule has 0 saturated heterocycles. The van der Waals surface area contributed by atoms with Gasteiger partial charge in [-0.3, -0.25) is 0 Å². The third-order valence-electron chi connectivity index (χ3n) is 5.71. The monoisotopic (exact) mass is 346 g/mol. The van der Waals surface area contributed by atoms with E-state index in [9.17, 15) is 5.11 Å². The first-order valence-corrected chi connectivity index (χ1v) is 10.5. The topological polar surface area (TPSA) is 20.2 Å². The zero-order chi connectivity index (χ0) is 18.0. The van der Waals surface area contributed by atoms with Gasteiger partial charge in [-0.1, -0.05) is 71.2 Å². The maximum atomic E-state index is 9.99. The van der Waals surface area contributed by atoms with E-state index >= 15 is 0 Å². The van der Waals surface area contributed by atoms with E-state index in [0.29, 0.717) is 14.0 Å². The third kappa shape index (κ3) is 4.70. The van der Waals surface area contributed by atoms with Crippen LogP contribution < -0.4 is 0 Å². The van der Waals surface area contributed by atoms with Gasteiger partial charge in [-0.25, -0.2) is 0 Å². The fraction of sp³-hybridized carbons (Fsp3) is 0.636. The molecule has 2 heteroatoms. The van der Waals surface area contributed by atoms with Crippen molar-refractivity contribution in [3.8, 4) is 0 Å². The molecule has 1 N–H and O–H groups in total. The molecule has 0 aromatic rings. The lowest BCUT2D eigenvalue weighted by molar-refractivity contribution is 0.116. The molecule has 0 aliphatic heterocycles. The molecule has 2 rings (SSSR count). The smallest absolute Gasteiger partial charge is 0.0585 e. The Bertz CT molecular complexity index is 587. The van der Waals surface area contributed by atoms with Crippen LogP contribution in [0, 0.1) is 10.8 Å². The highest BCUT2D eigenvalue weighted by Crippen LogP contribution is 2.43. The lowest BCUT2D eigenvalue weighted by atomic mass is 9.72. The Morgan fingerprint density at radius 3 is 2.08 bits per heavy atom. The Morgan fingerprint density at radius 1 is 0.958 bits per heavy atom. The minimum atomic E-state index is -0.178. The normalized spacial score (nSPS) is 28.0. The summed E-state index contributed by atoms with van der Waals surface area (Å²) in [5, 5.41) is 9.99. The van der Waals surface area contributed by atoms with Crippen LogP contribution in [0.4, 0.5) is 0 Å². The molecule has 0 saturated carbocycles. The lowest BCUT2D eigenvalue weighted by Gasteiger charge is -2.35. The second kappa shape index (κ2) is 7.71. The zero-order valence-corrected chi connectivity index (χ0v) is 17.4. The highest BCUT2D eigenvalue weighted by atomic mass is 31.1. The highest BCUT2D eigenvalue weighted by molar-refractivity contribution is 7.45. The Morgan fingerprint density at radius 2 is 1.54 bits per heavy atom. The Hall–Kier alpha value is -0.650. The molecule has 0 heterocycles. The van der Waals surface area contributed by atoms with Crippen LogP contribution in [0.15, 0.2) is 46.1 Å². The minimum absolute atomic E-state index is 0.0803. The van der Waals surface area contributed by atoms with Gasteiger partial charge in [-0.05, 0) is 67.9 Å². The fourth-order valence-electron chi connectivity index (χ4n) is 4.51. The predicted octanol–water partition coefficient (Wildman–Crippen LogP) is 6.72. The zero-order valence-electron chi connectivity index (χ0n) is 16.4. The van der Waals surface area contributed by atoms with Gasteiger partial charge in [0, 0.05) is 0 Å². The van der Waals surface area contributed by atoms with Crippen molar-refractivity contribution in [1.82, 2.24) is 0 Å². The van der Waals surface area contributed by atoms with E-state index in [-0.39, 0.29) is 11.5 Å². The number of allylic oxidation sites excluding steroid dienone is 5. The maximum Gasteiger partial charge on any atom is 0.0585 e. The Kier molecular flexibility index (Phi) is 6.32. The average Bonchev–Trinajstić information content (AvgIpc) is 2.42. The van der Waals surface area contributed by atoms with Gasteiger partial charge >= 0.3 is 0 Å². The SMILES string of the molecule is CC1=C(C=CPC=CC2=C(C)C[C@@H](O)CC2(C)C)C(C)(C)CCC1. The van der Waals surface area contributed by atoms with Crippen LogP contribution in [0.3, 0.4) is 0 Å². The first kappa shape index (κ1) is 19.7. The average molecular weight is 346 g/mol. The number of rotatable bonds is 4. The van der Waals surface area contributed by atoms with Crippen molar-refractivity contribution in [2.24, 2.45) is 10.8 Å². The summed E-state index contributed by atoms with van der Waals surface area (Å²) in [6.45, 7) is 13.7. The first-order chi connectivity index (χ1) is 11.1. The van der Waals surface area contributed by atoms with Gasteiger partial charge < -0.3 is 5.11 Å². The number of aliphatic hydroxyl groups is 1. The quantitative estimate of drug-likeness (QED) is 0.560. The number of hydrogen-bond donors (Lipinski definition) is 1. The highest BCUT2D eigenvalue weighted by Gasteiger charge is 2.31. The lowest BCUT2D eigenvalue weighted by Crippen LogP contribution is -2.28. The van der Waals surface area contributed by atoms with E-state index in [4.69, 9.17) is 0 Å². The molecule has 2 aliphatic carbocycles. The minimum Gasteiger partial charge on any atom is -0.393 e. The Labute approximate surface area is 150 Å². The Balaban J connectivity index is 2.03. The summed E-state index contributed by atoms with van der Waals surface area (Å²) in [6.07, 6.45) is 10.1. The summed E-state index contributed by atoms with van der Waals surface area (Å²) >= 11 is 0. The van der Waals surface area contributed by atoms with Gasteiger partial charge in [-0.15, -0.1) is 0 Å². The van der Waals surface area contributed by atoms with E-state index in [1.807, 2.05) is 0 Å². The van der Waals surface area contributed by atoms with E-state index in [0.717, 1.165) is 12.8 Å². The second-order valence-electron chi connectivity index (χ2n) is 8.90. The molecular formula is C22H35OP. The largest absolute Gasteiger partial charge is 0.393 e. The van der Waals surface area contributed by atoms with Crippen LogP contribution in [-0.2, 0) is 0 Å². The van der Waals surface area contributed by atoms with Crippen molar-refractivity contribution in [2.75, 3.05) is 0 Å². The van der Waals surface area contributed by atoms with Crippen molar-refractivity contribution in [3.05, 3.63) is 46.1 Å². The number of hydrogen-bond acceptors (Lipinski definition) is 1. The van der Waals surface area contributed by atoms with Crippen LogP contribution in [-0.4, -0.2) is 11.2 Å². The van der Waals surface area contributed by atoms with Crippen LogP contribution in [0.5, 0.6) is 0 Å². The number of aliphatic hydroxyl groups excluding tert-OH is 1. The summed E-state index contributed by atoms with van der Waals surface area (Å²) in [4.78, 5) is 0. The van der Waals surface area contributed by atoms with Crippen LogP contribution in [0.1, 0.15) is 73.6 Å². The van der Waals surface area contributed by atoms with Crippen LogP contribution in [0.2, 0.25) is 0 Å². The van der Waals surface area contributed by atoms with Gasteiger partial charge in [0.15, 0.2) is 0 Å². The molecule has 1 unspecified atom stereocenters. The molecule has 0 amide bonds. The van der Waals surface area contributed by atoms with E-state index < -0.39 is 0 Å². The van der Waals surface area contributed by atoms with Crippen LogP contribution >= 0.6 is 8.58 Å². The van der Waals surface area contributed by atoms with Crippen molar-refractivity contribution < 1.29 is 5.11 Å². The summed E-state index contributed by atoms with van der Waals surface area (Å²) in [6, 6.07) is 0. The van der Waals surface area contributed by atoms with E-state index in [2.05, 4.69) is 65.3 Å². The van der Waals surface area contributed by atoms with Crippen LogP contribution in [0.25, 0.3) is 0 Å². The van der Waals surface area contributed by atoms with Gasteiger partial charge in [0.05, 0.1) is 6.10 Å². The molecule has 0 spiro atoms. The van der Waals surface area contributed by atoms with E-state index in [1.54, 1.807) is 11.1 Å². The standard InChI is InChI=1S/C22H35OP/c1-16-8-7-11-21(3,4)19(16)9-12-24-13-10-20-17(2)14-18(23)15-22(20,5)6/h9-10,12-13,18,23-24H,7-8,11,14-15H2,1-6H3/t18-/m1/s1. The van der Waals surface area contributed by atoms with Gasteiger partial charge in [0.2, 0.25) is 0 Å². The molecule has 0 fully saturated rings. The van der Waals surface area contributed by atoms with Gasteiger partial charge in [0.1, 0.15) is 0 Å². The second-order valence-corrected chi connectivity index (χ2v) is 9.90. The van der Waals surface area contributed by atoms with Crippen molar-refractivity contribution in [3.63, 3.8) is 0 Å². The summed E-state index contributed by atoms with van der Waals surface area (Å²) < 4.78 is 0. The molecule has 0 aromatic heterocycles. The first-order valence-electron chi connectivity index (χ1n) is 9.31. The third-order valence-corrected chi connectivity index (χ3v) is 6.43. The van der Waals surface area contributed by atoms with E-state index in [1.165, 1.54) is 30.4 Å². The summed E-state index contributed by atoms with van der Waals surface area (Å²) in [7, 11) is 0.714. The molecule has 0 radical (unpaired) electrons. The molecule has 0 bridgehead atoms. The summed E-state index contributed by atoms with van der Waals surface area (Å²) in [5.74, 6) is 4.64. The maximum absolute atomic E-state index is 9.99. The molecule has 0 aromatic carbocycles. The molecule has 134 valence electrons. The molecule has 24 heavy (non-hydrogen) atoms. The van der Waals surface area contributed by atoms with Crippen molar-refractivity contribution >= 4 is 8.58 Å². The summed E-state index contributed by atoms with van der Waals surface area (Å²) in [5.41, 5.74) is 6.28. The molecular weight excluding hydrogens is 311 g/mol. The van der Waals surface area contributed by atoms with Gasteiger partial charge in [-0.2, -0.15) is 0 Å². The molecule has 2 aliphatic rings. The van der Waals surface area contributed by atoms with Gasteiger partial charge in [0.25, 0.3) is 0 Å². The van der Waals surface area contributed by atoms with Crippen molar-refractivity contribution in [1.29, 1.82) is 0 Å². The fourth-order valence-corrected chi connectivity index (χ4v) is 5.15. The molecule has 2 atom stereocenters. The predicted molar refractivity (Wildman–Crippen MR) is 109 cm³/mol. The van der Waals surface area contributed by atoms with Crippen molar-refractivity contribution in [2.45, 2.75) is 79.8 Å². The molecule has 1 nitrogen and oxygen atoms in total.